The van der Waals surface area contributed by atoms with Gasteiger partial charge >= 0.3 is 0 Å². The van der Waals surface area contributed by atoms with Crippen LogP contribution in [0.5, 0.6) is 0 Å². The quantitative estimate of drug-likeness (QED) is 0.560. The van der Waals surface area contributed by atoms with Gasteiger partial charge in [-0.1, -0.05) is 46.4 Å². The maximum absolute atomic E-state index is 4.01. The smallest absolute Gasteiger partial charge is 0.0302 e. The van der Waals surface area contributed by atoms with Crippen LogP contribution < -0.4 is 0 Å². The van der Waals surface area contributed by atoms with Crippen molar-refractivity contribution in [1.29, 1.82) is 0 Å². The first-order valence-corrected chi connectivity index (χ1v) is 6.21. The first-order chi connectivity index (χ1) is 8.52. The predicted molar refractivity (Wildman–Crippen MR) is 81.0 cm³/mol. The topological polar surface area (TPSA) is 25.2 Å². The molecule has 1 rings (SSSR count). The molecule has 0 radical (unpaired) electrons. The molecule has 1 aromatic heterocycles. The fraction of sp³-hybridized carbons (Fsp3) is 0.375. The molecule has 0 aliphatic rings. The van der Waals surface area contributed by atoms with Crippen LogP contribution in [-0.4, -0.2) is 11.7 Å². The molecule has 0 N–H and O–H groups in total. The van der Waals surface area contributed by atoms with Crippen molar-refractivity contribution in [3.63, 3.8) is 0 Å². The molecule has 0 atom stereocenters. The number of aromatic nitrogens is 1. The molecule has 0 spiro atoms. The Morgan fingerprint density at radius 3 is 2.22 bits per heavy atom. The fourth-order valence-electron chi connectivity index (χ4n) is 1.26. The summed E-state index contributed by atoms with van der Waals surface area (Å²) in [5.74, 6) is 1.09. The molecule has 18 heavy (non-hydrogen) atoms. The van der Waals surface area contributed by atoms with Gasteiger partial charge in [-0.15, -0.1) is 0 Å². The van der Waals surface area contributed by atoms with Crippen LogP contribution >= 0.6 is 0 Å². The van der Waals surface area contributed by atoms with E-state index < -0.39 is 0 Å². The number of rotatable bonds is 4. The summed E-state index contributed by atoms with van der Waals surface area (Å²) in [6, 6.07) is 4.06. The minimum absolute atomic E-state index is 0.494. The Morgan fingerprint density at radius 2 is 2.00 bits per heavy atom. The Hall–Kier alpha value is -1.70. The maximum Gasteiger partial charge on any atom is 0.0302 e. The van der Waals surface area contributed by atoms with Crippen molar-refractivity contribution in [2.24, 2.45) is 10.9 Å². The van der Waals surface area contributed by atoms with E-state index in [1.165, 1.54) is 5.56 Å². The molecule has 2 nitrogen and oxygen atoms in total. The molecule has 1 heterocycles. The molecule has 98 valence electrons. The van der Waals surface area contributed by atoms with Crippen LogP contribution in [0.2, 0.25) is 0 Å². The van der Waals surface area contributed by atoms with Crippen LogP contribution in [0.1, 0.15) is 39.2 Å². The number of hydrogen-bond donors (Lipinski definition) is 0. The Kier molecular flexibility index (Phi) is 8.46. The van der Waals surface area contributed by atoms with Crippen molar-refractivity contribution < 1.29 is 0 Å². The predicted octanol–water partition coefficient (Wildman–Crippen LogP) is 4.62. The number of aliphatic imine (C=N–C) groups is 1. The van der Waals surface area contributed by atoms with Crippen LogP contribution in [0.4, 0.5) is 0 Å². The molecule has 0 unspecified atom stereocenters. The molecule has 0 saturated carbocycles. The number of allylic oxidation sites excluding steroid dienone is 2. The summed E-state index contributed by atoms with van der Waals surface area (Å²) in [6.07, 6.45) is 7.24. The van der Waals surface area contributed by atoms with E-state index in [-0.39, 0.29) is 0 Å². The van der Waals surface area contributed by atoms with Crippen molar-refractivity contribution in [1.82, 2.24) is 4.98 Å². The third-order valence-corrected chi connectivity index (χ3v) is 2.49. The summed E-state index contributed by atoms with van der Waals surface area (Å²) in [5.41, 5.74) is 2.43. The molecule has 0 aliphatic heterocycles. The van der Waals surface area contributed by atoms with Crippen LogP contribution in [0, 0.1) is 5.92 Å². The highest BCUT2D eigenvalue weighted by Gasteiger charge is 1.95. The van der Waals surface area contributed by atoms with Gasteiger partial charge in [0, 0.05) is 18.6 Å². The van der Waals surface area contributed by atoms with Crippen molar-refractivity contribution in [3.8, 4) is 0 Å². The molecule has 0 aromatic carbocycles. The Bertz CT molecular complexity index is 375. The maximum atomic E-state index is 4.01. The number of nitrogens with zero attached hydrogens (tertiary/aromatic N) is 2. The molecule has 0 bridgehead atoms. The van der Waals surface area contributed by atoms with Gasteiger partial charge in [-0.25, -0.2) is 0 Å². The van der Waals surface area contributed by atoms with Crippen LogP contribution in [0.25, 0.3) is 0 Å². The van der Waals surface area contributed by atoms with E-state index in [1.807, 2.05) is 12.3 Å². The Labute approximate surface area is 111 Å². The second-order valence-electron chi connectivity index (χ2n) is 4.61. The lowest BCUT2D eigenvalue weighted by Gasteiger charge is -2.01. The Morgan fingerprint density at radius 1 is 1.33 bits per heavy atom. The van der Waals surface area contributed by atoms with Gasteiger partial charge in [-0.05, 0) is 35.8 Å². The molecule has 2 heteroatoms. The van der Waals surface area contributed by atoms with Gasteiger partial charge in [0.25, 0.3) is 0 Å². The minimum Gasteiger partial charge on any atom is -0.272 e. The SMILES string of the molecule is C=C/C(=C\N=C)C(C)C.CC(C)c1cccnc1. The first-order valence-electron chi connectivity index (χ1n) is 6.21. The average Bonchev–Trinajstić information content (AvgIpc) is 2.37. The molecular weight excluding hydrogens is 220 g/mol. The molecule has 0 saturated heterocycles. The number of pyridine rings is 1. The fourth-order valence-corrected chi connectivity index (χ4v) is 1.26. The summed E-state index contributed by atoms with van der Waals surface area (Å²) >= 11 is 0. The largest absolute Gasteiger partial charge is 0.272 e. The normalized spacial score (nSPS) is 10.9. The van der Waals surface area contributed by atoms with Crippen molar-refractivity contribution >= 4 is 6.72 Å². The van der Waals surface area contributed by atoms with E-state index in [1.54, 1.807) is 18.5 Å². The van der Waals surface area contributed by atoms with Gasteiger partial charge in [-0.3, -0.25) is 9.98 Å². The van der Waals surface area contributed by atoms with Crippen LogP contribution in [-0.2, 0) is 0 Å². The average molecular weight is 244 g/mol. The zero-order valence-electron chi connectivity index (χ0n) is 11.9. The van der Waals surface area contributed by atoms with Crippen molar-refractivity contribution in [2.45, 2.75) is 33.6 Å². The molecule has 0 amide bonds. The second kappa shape index (κ2) is 9.34. The lowest BCUT2D eigenvalue weighted by molar-refractivity contribution is 0.789. The van der Waals surface area contributed by atoms with Crippen LogP contribution in [0.15, 0.2) is 53.9 Å². The third-order valence-electron chi connectivity index (χ3n) is 2.49. The molecule has 0 aliphatic carbocycles. The van der Waals surface area contributed by atoms with Gasteiger partial charge in [0.1, 0.15) is 0 Å². The summed E-state index contributed by atoms with van der Waals surface area (Å²) in [7, 11) is 0. The standard InChI is InChI=1S/C8H11N.C8H13N/c1-7(2)8-4-3-5-9-6-8;1-5-8(6-9-4)7(2)3/h3-7H,1-2H3;5-7H,1,4H2,2-3H3/b;8-6+. The van der Waals surface area contributed by atoms with E-state index in [4.69, 9.17) is 0 Å². The van der Waals surface area contributed by atoms with E-state index in [9.17, 15) is 0 Å². The number of hydrogen-bond acceptors (Lipinski definition) is 2. The molecule has 1 aromatic rings. The second-order valence-corrected chi connectivity index (χ2v) is 4.61. The third kappa shape index (κ3) is 6.79. The van der Waals surface area contributed by atoms with E-state index >= 15 is 0 Å². The van der Waals surface area contributed by atoms with Gasteiger partial charge < -0.3 is 0 Å². The summed E-state index contributed by atoms with van der Waals surface area (Å²) in [4.78, 5) is 7.65. The van der Waals surface area contributed by atoms with Gasteiger partial charge in [0.05, 0.1) is 0 Å². The lowest BCUT2D eigenvalue weighted by Crippen LogP contribution is -1.88. The lowest BCUT2D eigenvalue weighted by atomic mass is 10.1. The monoisotopic (exact) mass is 244 g/mol. The highest BCUT2D eigenvalue weighted by molar-refractivity contribution is 5.28. The van der Waals surface area contributed by atoms with Gasteiger partial charge in [-0.2, -0.15) is 0 Å². The van der Waals surface area contributed by atoms with Crippen molar-refractivity contribution in [3.05, 3.63) is 54.5 Å². The van der Waals surface area contributed by atoms with Gasteiger partial charge in [0.15, 0.2) is 0 Å². The Balaban J connectivity index is 0.000000321. The first kappa shape index (κ1) is 16.3. The zero-order chi connectivity index (χ0) is 14.0. The molecule has 0 fully saturated rings. The zero-order valence-corrected chi connectivity index (χ0v) is 11.9. The summed E-state index contributed by atoms with van der Waals surface area (Å²) in [6.45, 7) is 15.5. The van der Waals surface area contributed by atoms with Crippen molar-refractivity contribution in [2.75, 3.05) is 0 Å². The molecular formula is C16H24N2. The highest BCUT2D eigenvalue weighted by Crippen LogP contribution is 2.10. The van der Waals surface area contributed by atoms with E-state index in [2.05, 4.69) is 57.0 Å². The summed E-state index contributed by atoms with van der Waals surface area (Å²) in [5, 5.41) is 0. The highest BCUT2D eigenvalue weighted by atomic mass is 14.6. The van der Waals surface area contributed by atoms with E-state index in [0.717, 1.165) is 5.57 Å². The summed E-state index contributed by atoms with van der Waals surface area (Å²) < 4.78 is 0. The van der Waals surface area contributed by atoms with Crippen LogP contribution in [0.3, 0.4) is 0 Å². The minimum atomic E-state index is 0.494. The van der Waals surface area contributed by atoms with Gasteiger partial charge in [0.2, 0.25) is 0 Å². The van der Waals surface area contributed by atoms with E-state index in [0.29, 0.717) is 11.8 Å².